The Labute approximate surface area is 197 Å². The summed E-state index contributed by atoms with van der Waals surface area (Å²) >= 11 is 1.61. The van der Waals surface area contributed by atoms with Crippen LogP contribution in [0.3, 0.4) is 0 Å². The largest absolute Gasteiger partial charge is 0.332 e. The minimum atomic E-state index is -0.307. The Morgan fingerprint density at radius 1 is 1.00 bits per heavy atom. The van der Waals surface area contributed by atoms with Crippen LogP contribution in [0.4, 0.5) is 14.9 Å². The number of urea groups is 1. The Hall–Kier alpha value is -3.19. The predicted octanol–water partition coefficient (Wildman–Crippen LogP) is 5.73. The summed E-state index contributed by atoms with van der Waals surface area (Å²) in [6, 6.07) is 15.7. The summed E-state index contributed by atoms with van der Waals surface area (Å²) < 4.78 is 13.4. The monoisotopic (exact) mass is 465 g/mol. The zero-order valence-electron chi connectivity index (χ0n) is 18.9. The topological polar surface area (TPSA) is 52.7 Å². The number of rotatable bonds is 8. The average Bonchev–Trinajstić information content (AvgIpc) is 3.56. The van der Waals surface area contributed by atoms with Crippen molar-refractivity contribution in [2.24, 2.45) is 0 Å². The molecule has 3 aromatic rings. The summed E-state index contributed by atoms with van der Waals surface area (Å²) in [6.07, 6.45) is 1.80. The van der Waals surface area contributed by atoms with E-state index in [1.807, 2.05) is 49.6 Å². The van der Waals surface area contributed by atoms with E-state index in [9.17, 15) is 14.0 Å². The molecule has 1 N–H and O–H groups in total. The van der Waals surface area contributed by atoms with Gasteiger partial charge in [0.1, 0.15) is 12.4 Å². The number of halogens is 1. The first kappa shape index (κ1) is 23.0. The van der Waals surface area contributed by atoms with Gasteiger partial charge in [-0.1, -0.05) is 30.3 Å². The zero-order chi connectivity index (χ0) is 23.4. The van der Waals surface area contributed by atoms with Gasteiger partial charge in [-0.3, -0.25) is 4.79 Å². The number of hydrogen-bond acceptors (Lipinski definition) is 3. The lowest BCUT2D eigenvalue weighted by Crippen LogP contribution is -2.45. The minimum Gasteiger partial charge on any atom is -0.332 e. The first-order valence-electron chi connectivity index (χ1n) is 11.1. The van der Waals surface area contributed by atoms with E-state index < -0.39 is 0 Å². The minimum absolute atomic E-state index is 0.00794. The van der Waals surface area contributed by atoms with E-state index in [1.54, 1.807) is 33.3 Å². The highest BCUT2D eigenvalue weighted by atomic mass is 32.1. The summed E-state index contributed by atoms with van der Waals surface area (Å²) in [5.41, 5.74) is 3.70. The number of amides is 3. The molecule has 0 bridgehead atoms. The lowest BCUT2D eigenvalue weighted by atomic mass is 10.2. The summed E-state index contributed by atoms with van der Waals surface area (Å²) in [6.45, 7) is 4.79. The third-order valence-corrected chi connectivity index (χ3v) is 6.89. The van der Waals surface area contributed by atoms with Gasteiger partial charge in [-0.2, -0.15) is 0 Å². The van der Waals surface area contributed by atoms with Gasteiger partial charge in [0, 0.05) is 23.2 Å². The quantitative estimate of drug-likeness (QED) is 0.462. The number of carbonyl (C=O) groups is 2. The average molecular weight is 466 g/mol. The fourth-order valence-corrected chi connectivity index (χ4v) is 4.60. The van der Waals surface area contributed by atoms with Gasteiger partial charge in [-0.05, 0) is 73.0 Å². The fraction of sp³-hybridized carbons (Fsp3) is 0.308. The van der Waals surface area contributed by atoms with Crippen LogP contribution in [0.5, 0.6) is 0 Å². The van der Waals surface area contributed by atoms with E-state index in [0.29, 0.717) is 13.1 Å². The molecule has 1 aliphatic rings. The highest BCUT2D eigenvalue weighted by Crippen LogP contribution is 2.28. The molecule has 0 spiro atoms. The second-order valence-corrected chi connectivity index (χ2v) is 9.51. The second-order valence-electron chi connectivity index (χ2n) is 8.51. The lowest BCUT2D eigenvalue weighted by molar-refractivity contribution is -0.133. The molecule has 3 amide bonds. The number of hydrogen-bond donors (Lipinski definition) is 1. The molecule has 1 fully saturated rings. The standard InChI is InChI=1S/C26H28FN3O2S/c1-18-5-3-4-6-23(18)28-26(32)30(22-11-12-22)17-25(31)29(16-24-19(2)13-14-33-24)15-20-7-9-21(27)10-8-20/h3-10,13-14,22H,11-12,15-17H2,1-2H3,(H,28,32). The van der Waals surface area contributed by atoms with E-state index >= 15 is 0 Å². The molecule has 172 valence electrons. The maximum atomic E-state index is 13.5. The highest BCUT2D eigenvalue weighted by Gasteiger charge is 2.35. The molecule has 0 saturated heterocycles. The van der Waals surface area contributed by atoms with Gasteiger partial charge in [-0.15, -0.1) is 11.3 Å². The Bertz CT molecular complexity index is 1120. The third kappa shape index (κ3) is 5.99. The molecule has 1 aliphatic carbocycles. The Kier molecular flexibility index (Phi) is 7.08. The Morgan fingerprint density at radius 3 is 2.36 bits per heavy atom. The first-order valence-corrected chi connectivity index (χ1v) is 12.0. The number of nitrogens with zero attached hydrogens (tertiary/aromatic N) is 2. The van der Waals surface area contributed by atoms with Crippen molar-refractivity contribution in [2.75, 3.05) is 11.9 Å². The SMILES string of the molecule is Cc1ccccc1NC(=O)N(CC(=O)N(Cc1ccc(F)cc1)Cc1sccc1C)C1CC1. The maximum Gasteiger partial charge on any atom is 0.322 e. The van der Waals surface area contributed by atoms with Crippen molar-refractivity contribution in [3.8, 4) is 0 Å². The molecule has 5 nitrogen and oxygen atoms in total. The summed E-state index contributed by atoms with van der Waals surface area (Å²) in [7, 11) is 0. The number of thiophene rings is 1. The van der Waals surface area contributed by atoms with Gasteiger partial charge < -0.3 is 15.1 Å². The highest BCUT2D eigenvalue weighted by molar-refractivity contribution is 7.10. The molecule has 0 aliphatic heterocycles. The van der Waals surface area contributed by atoms with Crippen molar-refractivity contribution in [3.63, 3.8) is 0 Å². The predicted molar refractivity (Wildman–Crippen MR) is 130 cm³/mol. The van der Waals surface area contributed by atoms with Crippen molar-refractivity contribution in [2.45, 2.75) is 45.8 Å². The number of para-hydroxylation sites is 1. The van der Waals surface area contributed by atoms with E-state index in [0.717, 1.165) is 40.1 Å². The number of benzene rings is 2. The Balaban J connectivity index is 1.50. The molecular formula is C26H28FN3O2S. The van der Waals surface area contributed by atoms with E-state index in [1.165, 1.54) is 12.1 Å². The van der Waals surface area contributed by atoms with Crippen LogP contribution in [0.25, 0.3) is 0 Å². The molecule has 4 rings (SSSR count). The van der Waals surface area contributed by atoms with Crippen LogP contribution in [0.1, 0.15) is 34.4 Å². The molecule has 33 heavy (non-hydrogen) atoms. The Morgan fingerprint density at radius 2 is 1.73 bits per heavy atom. The zero-order valence-corrected chi connectivity index (χ0v) is 19.7. The number of carbonyl (C=O) groups excluding carboxylic acids is 2. The third-order valence-electron chi connectivity index (χ3n) is 5.88. The van der Waals surface area contributed by atoms with Gasteiger partial charge >= 0.3 is 6.03 Å². The molecule has 1 saturated carbocycles. The van der Waals surface area contributed by atoms with Gasteiger partial charge in [0.15, 0.2) is 0 Å². The van der Waals surface area contributed by atoms with E-state index in [2.05, 4.69) is 5.32 Å². The van der Waals surface area contributed by atoms with Crippen molar-refractivity contribution in [1.29, 1.82) is 0 Å². The molecule has 2 aromatic carbocycles. The van der Waals surface area contributed by atoms with Gasteiger partial charge in [0.25, 0.3) is 0 Å². The maximum absolute atomic E-state index is 13.5. The molecule has 7 heteroatoms. The normalized spacial score (nSPS) is 12.9. The van der Waals surface area contributed by atoms with Crippen LogP contribution in [-0.2, 0) is 17.9 Å². The smallest absolute Gasteiger partial charge is 0.322 e. The van der Waals surface area contributed by atoms with Crippen LogP contribution in [0.2, 0.25) is 0 Å². The summed E-state index contributed by atoms with van der Waals surface area (Å²) in [5, 5.41) is 4.97. The molecule has 0 unspecified atom stereocenters. The van der Waals surface area contributed by atoms with Gasteiger partial charge in [-0.25, -0.2) is 9.18 Å². The van der Waals surface area contributed by atoms with Crippen molar-refractivity contribution < 1.29 is 14.0 Å². The molecule has 0 radical (unpaired) electrons. The molecule has 0 atom stereocenters. The lowest BCUT2D eigenvalue weighted by Gasteiger charge is -2.28. The van der Waals surface area contributed by atoms with Crippen molar-refractivity contribution in [1.82, 2.24) is 9.80 Å². The number of anilines is 1. The van der Waals surface area contributed by atoms with Crippen LogP contribution >= 0.6 is 11.3 Å². The van der Waals surface area contributed by atoms with Crippen LogP contribution in [-0.4, -0.2) is 34.3 Å². The number of aryl methyl sites for hydroxylation is 2. The molecule has 1 aromatic heterocycles. The van der Waals surface area contributed by atoms with E-state index in [4.69, 9.17) is 0 Å². The number of nitrogens with one attached hydrogen (secondary N) is 1. The van der Waals surface area contributed by atoms with Crippen LogP contribution < -0.4 is 5.32 Å². The van der Waals surface area contributed by atoms with Crippen LogP contribution in [0.15, 0.2) is 60.0 Å². The molecular weight excluding hydrogens is 437 g/mol. The van der Waals surface area contributed by atoms with Gasteiger partial charge in [0.2, 0.25) is 5.91 Å². The summed E-state index contributed by atoms with van der Waals surface area (Å²) in [5.74, 6) is -0.433. The van der Waals surface area contributed by atoms with Crippen molar-refractivity contribution >= 4 is 29.0 Å². The van der Waals surface area contributed by atoms with Gasteiger partial charge in [0.05, 0.1) is 6.54 Å². The second kappa shape index (κ2) is 10.2. The van der Waals surface area contributed by atoms with Crippen molar-refractivity contribution in [3.05, 3.63) is 87.4 Å². The fourth-order valence-electron chi connectivity index (χ4n) is 3.68. The molecule has 1 heterocycles. The van der Waals surface area contributed by atoms with Crippen LogP contribution in [0, 0.1) is 19.7 Å². The summed E-state index contributed by atoms with van der Waals surface area (Å²) in [4.78, 5) is 31.0. The van der Waals surface area contributed by atoms with E-state index in [-0.39, 0.29) is 30.3 Å². The first-order chi connectivity index (χ1) is 15.9.